The van der Waals surface area contributed by atoms with Crippen molar-refractivity contribution in [2.75, 3.05) is 13.7 Å². The average Bonchev–Trinajstić information content (AvgIpc) is 3.34. The van der Waals surface area contributed by atoms with E-state index in [0.717, 1.165) is 22.0 Å². The number of ether oxygens (including phenoxy) is 2. The zero-order valence-electron chi connectivity index (χ0n) is 22.0. The van der Waals surface area contributed by atoms with Crippen LogP contribution in [-0.2, 0) is 14.3 Å². The highest BCUT2D eigenvalue weighted by atomic mass is 79.9. The molecule has 0 aliphatic carbocycles. The first-order chi connectivity index (χ1) is 17.0. The van der Waals surface area contributed by atoms with Gasteiger partial charge in [-0.15, -0.1) is 0 Å². The van der Waals surface area contributed by atoms with Crippen LogP contribution in [-0.4, -0.2) is 47.2 Å². The lowest BCUT2D eigenvalue weighted by atomic mass is 10.0. The second-order valence-electron chi connectivity index (χ2n) is 8.65. The third kappa shape index (κ3) is 8.82. The SMILES string of the molecule is C=Cc1cc(-c2cccc(Br)c2)c(=O)[nH]c1C=C.CC.COC(=O)C1CCCN1C(=O)OC(C)(C)C. The Morgan fingerprint density at radius 3 is 2.36 bits per heavy atom. The van der Waals surface area contributed by atoms with Gasteiger partial charge in [0.2, 0.25) is 0 Å². The summed E-state index contributed by atoms with van der Waals surface area (Å²) in [5.41, 5.74) is 2.36. The molecular formula is C28H37BrN2O5. The number of benzene rings is 1. The number of aromatic amines is 1. The van der Waals surface area contributed by atoms with Gasteiger partial charge < -0.3 is 14.5 Å². The number of hydrogen-bond acceptors (Lipinski definition) is 5. The quantitative estimate of drug-likeness (QED) is 0.421. The van der Waals surface area contributed by atoms with Crippen molar-refractivity contribution < 1.29 is 19.1 Å². The maximum atomic E-state index is 12.0. The van der Waals surface area contributed by atoms with Gasteiger partial charge in [-0.3, -0.25) is 9.69 Å². The number of likely N-dealkylation sites (tertiary alicyclic amines) is 1. The molecule has 1 aliphatic heterocycles. The highest BCUT2D eigenvalue weighted by molar-refractivity contribution is 9.10. The molecule has 7 nitrogen and oxygen atoms in total. The van der Waals surface area contributed by atoms with E-state index in [1.165, 1.54) is 12.0 Å². The summed E-state index contributed by atoms with van der Waals surface area (Å²) in [6.07, 6.45) is 4.32. The number of rotatable bonds is 4. The number of nitrogens with one attached hydrogen (secondary N) is 1. The number of methoxy groups -OCH3 is 1. The summed E-state index contributed by atoms with van der Waals surface area (Å²) < 4.78 is 10.8. The van der Waals surface area contributed by atoms with E-state index >= 15 is 0 Å². The van der Waals surface area contributed by atoms with Crippen LogP contribution in [0.25, 0.3) is 23.3 Å². The summed E-state index contributed by atoms with van der Waals surface area (Å²) in [4.78, 5) is 39.5. The third-order valence-corrected chi connectivity index (χ3v) is 5.51. The number of H-pyrrole nitrogens is 1. The molecule has 2 aromatic rings. The molecule has 1 fully saturated rings. The Labute approximate surface area is 222 Å². The van der Waals surface area contributed by atoms with Gasteiger partial charge >= 0.3 is 12.1 Å². The molecular weight excluding hydrogens is 524 g/mol. The van der Waals surface area contributed by atoms with Crippen molar-refractivity contribution in [1.29, 1.82) is 0 Å². The van der Waals surface area contributed by atoms with Crippen LogP contribution in [0.4, 0.5) is 4.79 Å². The van der Waals surface area contributed by atoms with Crippen LogP contribution >= 0.6 is 15.9 Å². The summed E-state index contributed by atoms with van der Waals surface area (Å²) in [5.74, 6) is -0.372. The molecule has 8 heteroatoms. The molecule has 36 heavy (non-hydrogen) atoms. The monoisotopic (exact) mass is 560 g/mol. The van der Waals surface area contributed by atoms with Crippen molar-refractivity contribution in [3.63, 3.8) is 0 Å². The first-order valence-corrected chi connectivity index (χ1v) is 12.7. The average molecular weight is 562 g/mol. The van der Waals surface area contributed by atoms with Gasteiger partial charge in [-0.05, 0) is 69.0 Å². The number of carbonyl (C=O) groups excluding carboxylic acids is 2. The predicted molar refractivity (Wildman–Crippen MR) is 150 cm³/mol. The van der Waals surface area contributed by atoms with Gasteiger partial charge in [-0.1, -0.05) is 61.1 Å². The van der Waals surface area contributed by atoms with Gasteiger partial charge in [-0.2, -0.15) is 0 Å². The van der Waals surface area contributed by atoms with Crippen molar-refractivity contribution in [2.24, 2.45) is 0 Å². The Hall–Kier alpha value is -3.13. The van der Waals surface area contributed by atoms with Gasteiger partial charge in [0, 0.05) is 22.3 Å². The second kappa shape index (κ2) is 14.4. The standard InChI is InChI=1S/C15H12BrNO.C11H19NO4.C2H6/c1-3-10-9-13(15(18)17-14(10)4-2)11-6-5-7-12(16)8-11;1-11(2,3)16-10(14)12-7-5-6-8(12)9(13)15-4;1-2/h3-9H,1-2H2,(H,17,18);8H,5-7H2,1-4H3;1-2H3. The molecule has 3 rings (SSSR count). The summed E-state index contributed by atoms with van der Waals surface area (Å²) in [5, 5.41) is 0. The zero-order valence-corrected chi connectivity index (χ0v) is 23.6. The van der Waals surface area contributed by atoms with Crippen molar-refractivity contribution in [3.05, 3.63) is 69.6 Å². The van der Waals surface area contributed by atoms with E-state index in [4.69, 9.17) is 4.74 Å². The molecule has 0 saturated carbocycles. The molecule has 0 bridgehead atoms. The summed E-state index contributed by atoms with van der Waals surface area (Å²) in [6, 6.07) is 8.96. The largest absolute Gasteiger partial charge is 0.467 e. The normalized spacial score (nSPS) is 14.4. The van der Waals surface area contributed by atoms with Gasteiger partial charge in [0.15, 0.2) is 0 Å². The maximum absolute atomic E-state index is 12.0. The van der Waals surface area contributed by atoms with Gasteiger partial charge in [0.05, 0.1) is 7.11 Å². The van der Waals surface area contributed by atoms with Crippen molar-refractivity contribution >= 4 is 40.1 Å². The Morgan fingerprint density at radius 2 is 1.83 bits per heavy atom. The summed E-state index contributed by atoms with van der Waals surface area (Å²) >= 11 is 3.40. The number of pyridine rings is 1. The first kappa shape index (κ1) is 30.9. The van der Waals surface area contributed by atoms with Crippen LogP contribution < -0.4 is 5.56 Å². The van der Waals surface area contributed by atoms with E-state index in [1.54, 1.807) is 32.9 Å². The molecule has 0 spiro atoms. The Bertz CT molecular complexity index is 1120. The predicted octanol–water partition coefficient (Wildman–Crippen LogP) is 6.68. The lowest BCUT2D eigenvalue weighted by Crippen LogP contribution is -2.43. The molecule has 2 heterocycles. The Kier molecular flexibility index (Phi) is 12.4. The molecule has 1 unspecified atom stereocenters. The van der Waals surface area contributed by atoms with E-state index in [-0.39, 0.29) is 11.5 Å². The van der Waals surface area contributed by atoms with E-state index in [1.807, 2.05) is 44.2 Å². The van der Waals surface area contributed by atoms with Crippen molar-refractivity contribution in [2.45, 2.75) is 59.1 Å². The van der Waals surface area contributed by atoms with Crippen LogP contribution in [0, 0.1) is 0 Å². The fourth-order valence-electron chi connectivity index (χ4n) is 3.46. The molecule has 1 amide bonds. The zero-order chi connectivity index (χ0) is 27.5. The fourth-order valence-corrected chi connectivity index (χ4v) is 3.85. The molecule has 1 N–H and O–H groups in total. The van der Waals surface area contributed by atoms with Crippen LogP contribution in [0.2, 0.25) is 0 Å². The van der Waals surface area contributed by atoms with Crippen LogP contribution in [0.3, 0.4) is 0 Å². The minimum Gasteiger partial charge on any atom is -0.467 e. The van der Waals surface area contributed by atoms with Crippen molar-refractivity contribution in [1.82, 2.24) is 9.88 Å². The molecule has 1 atom stereocenters. The molecule has 1 saturated heterocycles. The fraction of sp³-hybridized carbons (Fsp3) is 0.393. The lowest BCUT2D eigenvalue weighted by Gasteiger charge is -2.27. The number of halogens is 1. The van der Waals surface area contributed by atoms with E-state index in [2.05, 4.69) is 38.8 Å². The number of nitrogens with zero attached hydrogens (tertiary/aromatic N) is 1. The van der Waals surface area contributed by atoms with Gasteiger partial charge in [0.25, 0.3) is 5.56 Å². The molecule has 1 aromatic heterocycles. The highest BCUT2D eigenvalue weighted by Gasteiger charge is 2.37. The number of hydrogen-bond donors (Lipinski definition) is 1. The lowest BCUT2D eigenvalue weighted by molar-refractivity contribution is -0.145. The number of esters is 1. The molecule has 0 radical (unpaired) electrons. The number of amides is 1. The topological polar surface area (TPSA) is 88.7 Å². The summed E-state index contributed by atoms with van der Waals surface area (Å²) in [7, 11) is 1.33. The second-order valence-corrected chi connectivity index (χ2v) is 9.57. The molecule has 196 valence electrons. The Balaban J connectivity index is 0.000000339. The van der Waals surface area contributed by atoms with Crippen LogP contribution in [0.1, 0.15) is 58.7 Å². The minimum atomic E-state index is -0.541. The molecule has 1 aliphatic rings. The van der Waals surface area contributed by atoms with Gasteiger partial charge in [-0.25, -0.2) is 9.59 Å². The number of aromatic nitrogens is 1. The highest BCUT2D eigenvalue weighted by Crippen LogP contribution is 2.23. The van der Waals surface area contributed by atoms with E-state index in [9.17, 15) is 14.4 Å². The minimum absolute atomic E-state index is 0.131. The smallest absolute Gasteiger partial charge is 0.411 e. The van der Waals surface area contributed by atoms with E-state index in [0.29, 0.717) is 24.2 Å². The summed E-state index contributed by atoms with van der Waals surface area (Å²) in [6.45, 7) is 17.4. The van der Waals surface area contributed by atoms with Crippen LogP contribution in [0.15, 0.2) is 52.8 Å². The van der Waals surface area contributed by atoms with Crippen LogP contribution in [0.5, 0.6) is 0 Å². The first-order valence-electron chi connectivity index (χ1n) is 11.9. The Morgan fingerprint density at radius 1 is 1.17 bits per heavy atom. The van der Waals surface area contributed by atoms with Crippen molar-refractivity contribution in [3.8, 4) is 11.1 Å². The molecule has 1 aromatic carbocycles. The maximum Gasteiger partial charge on any atom is 0.411 e. The van der Waals surface area contributed by atoms with Gasteiger partial charge in [0.1, 0.15) is 11.6 Å². The number of carbonyl (C=O) groups is 2. The van der Waals surface area contributed by atoms with E-state index < -0.39 is 17.7 Å². The third-order valence-electron chi connectivity index (χ3n) is 5.02.